The molecule has 3 heterocycles. The normalized spacial score (nSPS) is 11.2. The van der Waals surface area contributed by atoms with Crippen LogP contribution in [0.2, 0.25) is 10.2 Å². The third kappa shape index (κ3) is 2.84. The summed E-state index contributed by atoms with van der Waals surface area (Å²) in [6.45, 7) is 0. The van der Waals surface area contributed by atoms with Crippen molar-refractivity contribution in [2.24, 2.45) is 0 Å². The molecular weight excluding hydrogens is 415 g/mol. The van der Waals surface area contributed by atoms with Crippen molar-refractivity contribution in [1.82, 2.24) is 15.0 Å². The molecule has 134 valence electrons. The summed E-state index contributed by atoms with van der Waals surface area (Å²) in [5, 5.41) is 9.39. The summed E-state index contributed by atoms with van der Waals surface area (Å²) in [6, 6.07) is 5.67. The first-order valence-electron chi connectivity index (χ1n) is 7.46. The van der Waals surface area contributed by atoms with E-state index in [1.165, 1.54) is 12.1 Å². The molecule has 0 atom stereocenters. The molecule has 4 rings (SSSR count). The monoisotopic (exact) mass is 421 g/mol. The molecule has 0 fully saturated rings. The van der Waals surface area contributed by atoms with Crippen LogP contribution in [0.15, 0.2) is 18.2 Å². The number of aromatic nitrogens is 3. The number of rotatable bonds is 2. The van der Waals surface area contributed by atoms with E-state index >= 15 is 0 Å². The molecule has 0 aliphatic carbocycles. The number of thiazole rings is 1. The van der Waals surface area contributed by atoms with E-state index in [4.69, 9.17) is 34.2 Å². The van der Waals surface area contributed by atoms with Gasteiger partial charge in [0.2, 0.25) is 0 Å². The van der Waals surface area contributed by atoms with Crippen LogP contribution in [0.1, 0.15) is 5.56 Å². The fraction of sp³-hybridized carbons (Fsp3) is 0.0588. The van der Waals surface area contributed by atoms with Crippen LogP contribution in [-0.4, -0.2) is 15.0 Å². The van der Waals surface area contributed by atoms with Crippen molar-refractivity contribution in [1.29, 1.82) is 5.26 Å². The maximum Gasteiger partial charge on any atom is 0.181 e. The highest BCUT2D eigenvalue weighted by Crippen LogP contribution is 2.37. The Morgan fingerprint density at radius 3 is 2.67 bits per heavy atom. The van der Waals surface area contributed by atoms with Gasteiger partial charge in [-0.05, 0) is 18.2 Å². The van der Waals surface area contributed by atoms with Crippen LogP contribution in [0.3, 0.4) is 0 Å². The van der Waals surface area contributed by atoms with E-state index in [0.29, 0.717) is 5.56 Å². The van der Waals surface area contributed by atoms with Crippen LogP contribution in [-0.2, 0) is 6.42 Å². The Morgan fingerprint density at radius 1 is 1.15 bits per heavy atom. The quantitative estimate of drug-likeness (QED) is 0.452. The molecule has 10 heteroatoms. The molecule has 0 unspecified atom stereocenters. The van der Waals surface area contributed by atoms with E-state index in [1.807, 2.05) is 6.07 Å². The van der Waals surface area contributed by atoms with Gasteiger partial charge >= 0.3 is 0 Å². The number of hydrogen-bond donors (Lipinski definition) is 1. The zero-order chi connectivity index (χ0) is 19.3. The molecule has 0 aliphatic rings. The third-order valence-corrected chi connectivity index (χ3v) is 5.57. The second-order valence-electron chi connectivity index (χ2n) is 5.54. The number of fused-ring (bicyclic) bond motifs is 2. The van der Waals surface area contributed by atoms with Crippen molar-refractivity contribution in [2.45, 2.75) is 6.42 Å². The van der Waals surface area contributed by atoms with Gasteiger partial charge in [-0.25, -0.2) is 23.7 Å². The summed E-state index contributed by atoms with van der Waals surface area (Å²) in [6.07, 6.45) is -0.0688. The van der Waals surface area contributed by atoms with Gasteiger partial charge in [-0.2, -0.15) is 5.26 Å². The lowest BCUT2D eigenvalue weighted by Gasteiger charge is -2.10. The van der Waals surface area contributed by atoms with Gasteiger partial charge in [0.15, 0.2) is 10.8 Å². The molecule has 0 spiro atoms. The molecule has 5 nitrogen and oxygen atoms in total. The van der Waals surface area contributed by atoms with E-state index in [1.54, 1.807) is 0 Å². The van der Waals surface area contributed by atoms with E-state index in [-0.39, 0.29) is 54.2 Å². The molecule has 0 bridgehead atoms. The van der Waals surface area contributed by atoms with Crippen LogP contribution in [0.4, 0.5) is 13.9 Å². The summed E-state index contributed by atoms with van der Waals surface area (Å²) in [5.74, 6) is -1.20. The Balaban J connectivity index is 2.02. The van der Waals surface area contributed by atoms with Crippen LogP contribution in [0, 0.1) is 23.0 Å². The molecular formula is C17H7Cl2F2N5S. The average molecular weight is 422 g/mol. The third-order valence-electron chi connectivity index (χ3n) is 3.93. The second-order valence-corrected chi connectivity index (χ2v) is 7.31. The molecule has 4 aromatic rings. The Bertz CT molecular complexity index is 1280. The standard InChI is InChI=1S/C17H7Cl2F2N5S/c18-11-6(3-4-22)15(19)26-16-8(11)5-10(21)12(24-16)7-1-2-9(20)14-13(7)25-17(23)27-14/h1-2,5H,3H2,(H2,23,25). The van der Waals surface area contributed by atoms with Gasteiger partial charge < -0.3 is 5.73 Å². The van der Waals surface area contributed by atoms with Gasteiger partial charge in [-0.3, -0.25) is 0 Å². The highest BCUT2D eigenvalue weighted by Gasteiger charge is 2.20. The van der Waals surface area contributed by atoms with Crippen LogP contribution in [0.25, 0.3) is 32.5 Å². The summed E-state index contributed by atoms with van der Waals surface area (Å²) in [4.78, 5) is 12.4. The largest absolute Gasteiger partial charge is 0.375 e. The fourth-order valence-corrected chi connectivity index (χ4v) is 4.09. The molecule has 3 aromatic heterocycles. The van der Waals surface area contributed by atoms with Gasteiger partial charge in [0.05, 0.1) is 27.7 Å². The highest BCUT2D eigenvalue weighted by molar-refractivity contribution is 7.22. The molecule has 0 saturated heterocycles. The minimum absolute atomic E-state index is 0.0151. The van der Waals surface area contributed by atoms with Crippen molar-refractivity contribution in [3.8, 4) is 17.3 Å². The first-order valence-corrected chi connectivity index (χ1v) is 9.04. The molecule has 1 aromatic carbocycles. The van der Waals surface area contributed by atoms with Gasteiger partial charge in [-0.15, -0.1) is 0 Å². The first kappa shape index (κ1) is 17.8. The number of nitrogens with two attached hydrogens (primary N) is 1. The number of nitriles is 1. The minimum atomic E-state index is -0.698. The number of pyridine rings is 2. The van der Waals surface area contributed by atoms with E-state index in [2.05, 4.69) is 15.0 Å². The SMILES string of the molecule is N#CCc1c(Cl)nc2nc(-c3ccc(F)c4sc(N)nc34)c(F)cc2c1Cl. The van der Waals surface area contributed by atoms with E-state index in [9.17, 15) is 8.78 Å². The Labute approximate surface area is 165 Å². The molecule has 0 aliphatic heterocycles. The predicted molar refractivity (Wildman–Crippen MR) is 102 cm³/mol. The number of benzene rings is 1. The lowest BCUT2D eigenvalue weighted by molar-refractivity contribution is 0.627. The highest BCUT2D eigenvalue weighted by atomic mass is 35.5. The summed E-state index contributed by atoms with van der Waals surface area (Å²) in [5.41, 5.74) is 6.48. The predicted octanol–water partition coefficient (Wildman–Crippen LogP) is 5.14. The number of anilines is 1. The topological polar surface area (TPSA) is 88.5 Å². The number of halogens is 4. The van der Waals surface area contributed by atoms with Gasteiger partial charge in [0.25, 0.3) is 0 Å². The summed E-state index contributed by atoms with van der Waals surface area (Å²) >= 11 is 13.3. The van der Waals surface area contributed by atoms with Crippen molar-refractivity contribution < 1.29 is 8.78 Å². The smallest absolute Gasteiger partial charge is 0.181 e. The second kappa shape index (κ2) is 6.53. The van der Waals surface area contributed by atoms with E-state index < -0.39 is 11.6 Å². The maximum absolute atomic E-state index is 14.8. The maximum atomic E-state index is 14.8. The molecule has 0 saturated carbocycles. The number of nitrogens with zero attached hydrogens (tertiary/aromatic N) is 4. The summed E-state index contributed by atoms with van der Waals surface area (Å²) in [7, 11) is 0. The number of nitrogen functional groups attached to an aromatic ring is 1. The minimum Gasteiger partial charge on any atom is -0.375 e. The lowest BCUT2D eigenvalue weighted by atomic mass is 10.1. The lowest BCUT2D eigenvalue weighted by Crippen LogP contribution is -1.98. The van der Waals surface area contributed by atoms with Crippen LogP contribution in [0.5, 0.6) is 0 Å². The van der Waals surface area contributed by atoms with Crippen molar-refractivity contribution >= 4 is 60.9 Å². The average Bonchev–Trinajstić information content (AvgIpc) is 3.02. The number of hydrogen-bond acceptors (Lipinski definition) is 6. The van der Waals surface area contributed by atoms with Crippen molar-refractivity contribution in [2.75, 3.05) is 5.73 Å². The molecule has 0 radical (unpaired) electrons. The Hall–Kier alpha value is -2.60. The van der Waals surface area contributed by atoms with Crippen LogP contribution >= 0.6 is 34.5 Å². The van der Waals surface area contributed by atoms with Crippen LogP contribution < -0.4 is 5.73 Å². The van der Waals surface area contributed by atoms with Gasteiger partial charge in [0.1, 0.15) is 22.5 Å². The Morgan fingerprint density at radius 2 is 1.93 bits per heavy atom. The molecule has 27 heavy (non-hydrogen) atoms. The van der Waals surface area contributed by atoms with Gasteiger partial charge in [-0.1, -0.05) is 34.5 Å². The fourth-order valence-electron chi connectivity index (χ4n) is 2.74. The van der Waals surface area contributed by atoms with Crippen molar-refractivity contribution in [3.05, 3.63) is 45.6 Å². The zero-order valence-electron chi connectivity index (χ0n) is 13.2. The first-order chi connectivity index (χ1) is 12.9. The summed E-state index contributed by atoms with van der Waals surface area (Å²) < 4.78 is 29.0. The van der Waals surface area contributed by atoms with E-state index in [0.717, 1.165) is 17.4 Å². The molecule has 0 amide bonds. The van der Waals surface area contributed by atoms with Gasteiger partial charge in [0, 0.05) is 16.5 Å². The van der Waals surface area contributed by atoms with Crippen molar-refractivity contribution in [3.63, 3.8) is 0 Å². The zero-order valence-corrected chi connectivity index (χ0v) is 15.6. The molecule has 2 N–H and O–H groups in total. The Kier molecular flexibility index (Phi) is 4.30.